The van der Waals surface area contributed by atoms with Gasteiger partial charge in [-0.05, 0) is 35.2 Å². The average molecular weight is 224 g/mol. The van der Waals surface area contributed by atoms with Gasteiger partial charge in [-0.15, -0.1) is 0 Å². The standard InChI is InChI=1S/C12H16O2S/c13-11(14)8-12(5-2-1-3-6-12)10-4-7-15-9-10/h4,7,9H,1-3,5-6,8H2,(H,13,14). The molecule has 1 aliphatic carbocycles. The van der Waals surface area contributed by atoms with E-state index in [1.165, 1.54) is 24.8 Å². The van der Waals surface area contributed by atoms with Crippen molar-refractivity contribution >= 4 is 17.3 Å². The predicted molar refractivity (Wildman–Crippen MR) is 61.3 cm³/mol. The monoisotopic (exact) mass is 224 g/mol. The highest BCUT2D eigenvalue weighted by atomic mass is 32.1. The highest BCUT2D eigenvalue weighted by molar-refractivity contribution is 7.08. The van der Waals surface area contributed by atoms with Crippen molar-refractivity contribution in [1.29, 1.82) is 0 Å². The van der Waals surface area contributed by atoms with Gasteiger partial charge in [-0.3, -0.25) is 4.79 Å². The third-order valence-electron chi connectivity index (χ3n) is 3.43. The fraction of sp³-hybridized carbons (Fsp3) is 0.583. The molecule has 0 radical (unpaired) electrons. The SMILES string of the molecule is O=C(O)CC1(c2ccsc2)CCCCC1. The van der Waals surface area contributed by atoms with Gasteiger partial charge in [-0.25, -0.2) is 0 Å². The van der Waals surface area contributed by atoms with Crippen LogP contribution in [0.3, 0.4) is 0 Å². The van der Waals surface area contributed by atoms with E-state index >= 15 is 0 Å². The Balaban J connectivity index is 2.25. The first kappa shape index (κ1) is 10.7. The molecule has 3 heteroatoms. The maximum atomic E-state index is 11.0. The fourth-order valence-corrected chi connectivity index (χ4v) is 3.43. The number of hydrogen-bond donors (Lipinski definition) is 1. The van der Waals surface area contributed by atoms with Crippen LogP contribution in [-0.4, -0.2) is 11.1 Å². The summed E-state index contributed by atoms with van der Waals surface area (Å²) in [7, 11) is 0. The molecule has 0 saturated heterocycles. The summed E-state index contributed by atoms with van der Waals surface area (Å²) in [5.74, 6) is -0.664. The molecule has 0 unspecified atom stereocenters. The second-order valence-corrected chi connectivity index (χ2v) is 5.20. The Labute approximate surface area is 93.9 Å². The predicted octanol–water partition coefficient (Wildman–Crippen LogP) is 3.42. The van der Waals surface area contributed by atoms with Crippen molar-refractivity contribution in [3.8, 4) is 0 Å². The van der Waals surface area contributed by atoms with E-state index in [2.05, 4.69) is 11.4 Å². The Morgan fingerprint density at radius 3 is 2.67 bits per heavy atom. The minimum atomic E-state index is -0.664. The van der Waals surface area contributed by atoms with Crippen LogP contribution in [0.4, 0.5) is 0 Å². The second-order valence-electron chi connectivity index (χ2n) is 4.42. The molecule has 82 valence electrons. The van der Waals surface area contributed by atoms with E-state index in [1.54, 1.807) is 11.3 Å². The zero-order valence-corrected chi connectivity index (χ0v) is 9.55. The van der Waals surface area contributed by atoms with E-state index in [-0.39, 0.29) is 5.41 Å². The number of rotatable bonds is 3. The van der Waals surface area contributed by atoms with Crippen LogP contribution in [0.25, 0.3) is 0 Å². The van der Waals surface area contributed by atoms with Crippen LogP contribution in [-0.2, 0) is 10.2 Å². The Kier molecular flexibility index (Phi) is 3.10. The van der Waals surface area contributed by atoms with Gasteiger partial charge < -0.3 is 5.11 Å². The molecule has 0 amide bonds. The van der Waals surface area contributed by atoms with Crippen LogP contribution in [0, 0.1) is 0 Å². The summed E-state index contributed by atoms with van der Waals surface area (Å²) >= 11 is 1.67. The van der Waals surface area contributed by atoms with E-state index in [0.29, 0.717) is 6.42 Å². The molecule has 0 aliphatic heterocycles. The summed E-state index contributed by atoms with van der Waals surface area (Å²) in [4.78, 5) is 11.0. The lowest BCUT2D eigenvalue weighted by molar-refractivity contribution is -0.138. The summed E-state index contributed by atoms with van der Waals surface area (Å²) in [6, 6.07) is 2.10. The van der Waals surface area contributed by atoms with E-state index < -0.39 is 5.97 Å². The van der Waals surface area contributed by atoms with Crippen LogP contribution in [0.1, 0.15) is 44.1 Å². The Bertz CT molecular complexity index is 323. The van der Waals surface area contributed by atoms with Crippen molar-refractivity contribution in [3.05, 3.63) is 22.4 Å². The summed E-state index contributed by atoms with van der Waals surface area (Å²) in [5, 5.41) is 13.2. The van der Waals surface area contributed by atoms with Crippen molar-refractivity contribution < 1.29 is 9.90 Å². The van der Waals surface area contributed by atoms with Crippen molar-refractivity contribution in [3.63, 3.8) is 0 Å². The number of carbonyl (C=O) groups is 1. The Hall–Kier alpha value is -0.830. The summed E-state index contributed by atoms with van der Waals surface area (Å²) in [6.07, 6.45) is 5.97. The summed E-state index contributed by atoms with van der Waals surface area (Å²) < 4.78 is 0. The lowest BCUT2D eigenvalue weighted by Crippen LogP contribution is -2.31. The van der Waals surface area contributed by atoms with E-state index in [4.69, 9.17) is 5.11 Å². The van der Waals surface area contributed by atoms with Crippen molar-refractivity contribution in [1.82, 2.24) is 0 Å². The molecule has 0 bridgehead atoms. The molecule has 0 aromatic carbocycles. The third-order valence-corrected chi connectivity index (χ3v) is 4.12. The minimum Gasteiger partial charge on any atom is -0.481 e. The molecule has 1 aliphatic rings. The van der Waals surface area contributed by atoms with Gasteiger partial charge in [-0.2, -0.15) is 11.3 Å². The molecule has 0 atom stereocenters. The molecule has 15 heavy (non-hydrogen) atoms. The van der Waals surface area contributed by atoms with E-state index in [1.807, 2.05) is 5.38 Å². The van der Waals surface area contributed by atoms with Gasteiger partial charge in [-0.1, -0.05) is 19.3 Å². The zero-order chi connectivity index (χ0) is 10.7. The molecule has 1 fully saturated rings. The molecule has 1 aromatic heterocycles. The lowest BCUT2D eigenvalue weighted by atomic mass is 9.68. The number of hydrogen-bond acceptors (Lipinski definition) is 2. The number of thiophene rings is 1. The molecular weight excluding hydrogens is 208 g/mol. The molecule has 1 saturated carbocycles. The topological polar surface area (TPSA) is 37.3 Å². The quantitative estimate of drug-likeness (QED) is 0.854. The maximum Gasteiger partial charge on any atom is 0.304 e. The second kappa shape index (κ2) is 4.35. The zero-order valence-electron chi connectivity index (χ0n) is 8.74. The first-order valence-electron chi connectivity index (χ1n) is 5.47. The Morgan fingerprint density at radius 2 is 2.13 bits per heavy atom. The van der Waals surface area contributed by atoms with Gasteiger partial charge in [0.05, 0.1) is 6.42 Å². The molecule has 1 heterocycles. The minimum absolute atomic E-state index is 0.0654. The molecular formula is C12H16O2S. The van der Waals surface area contributed by atoms with Crippen LogP contribution < -0.4 is 0 Å². The maximum absolute atomic E-state index is 11.0. The third kappa shape index (κ3) is 2.23. The molecule has 1 aromatic rings. The smallest absolute Gasteiger partial charge is 0.304 e. The summed E-state index contributed by atoms with van der Waals surface area (Å²) in [6.45, 7) is 0. The highest BCUT2D eigenvalue weighted by Gasteiger charge is 2.36. The first-order valence-corrected chi connectivity index (χ1v) is 6.42. The van der Waals surface area contributed by atoms with Crippen LogP contribution >= 0.6 is 11.3 Å². The molecule has 1 N–H and O–H groups in total. The van der Waals surface area contributed by atoms with Gasteiger partial charge in [0.25, 0.3) is 0 Å². The van der Waals surface area contributed by atoms with Gasteiger partial charge in [0.15, 0.2) is 0 Å². The van der Waals surface area contributed by atoms with E-state index in [9.17, 15) is 4.79 Å². The average Bonchev–Trinajstić information content (AvgIpc) is 2.71. The van der Waals surface area contributed by atoms with Gasteiger partial charge in [0, 0.05) is 5.41 Å². The fourth-order valence-electron chi connectivity index (χ4n) is 2.65. The largest absolute Gasteiger partial charge is 0.481 e. The van der Waals surface area contributed by atoms with Crippen molar-refractivity contribution in [2.24, 2.45) is 0 Å². The van der Waals surface area contributed by atoms with E-state index in [0.717, 1.165) is 12.8 Å². The number of carboxylic acid groups (broad SMARTS) is 1. The van der Waals surface area contributed by atoms with Crippen LogP contribution in [0.5, 0.6) is 0 Å². The number of carboxylic acids is 1. The van der Waals surface area contributed by atoms with Gasteiger partial charge in [0.2, 0.25) is 0 Å². The van der Waals surface area contributed by atoms with Crippen LogP contribution in [0.2, 0.25) is 0 Å². The first-order chi connectivity index (χ1) is 7.23. The molecule has 0 spiro atoms. The highest BCUT2D eigenvalue weighted by Crippen LogP contribution is 2.42. The lowest BCUT2D eigenvalue weighted by Gasteiger charge is -2.35. The normalized spacial score (nSPS) is 20.0. The van der Waals surface area contributed by atoms with Crippen molar-refractivity contribution in [2.75, 3.05) is 0 Å². The van der Waals surface area contributed by atoms with Gasteiger partial charge >= 0.3 is 5.97 Å². The van der Waals surface area contributed by atoms with Crippen molar-refractivity contribution in [2.45, 2.75) is 43.9 Å². The number of aliphatic carboxylic acids is 1. The van der Waals surface area contributed by atoms with Crippen LogP contribution in [0.15, 0.2) is 16.8 Å². The van der Waals surface area contributed by atoms with Gasteiger partial charge in [0.1, 0.15) is 0 Å². The molecule has 2 rings (SSSR count). The molecule has 2 nitrogen and oxygen atoms in total. The summed E-state index contributed by atoms with van der Waals surface area (Å²) in [5.41, 5.74) is 1.18. The Morgan fingerprint density at radius 1 is 1.40 bits per heavy atom.